The van der Waals surface area contributed by atoms with E-state index in [1.807, 2.05) is 0 Å². The number of nitrogens with zero attached hydrogens (tertiary/aromatic N) is 1. The number of carbonyl (C=O) groups excluding carboxylic acids is 1. The maximum atomic E-state index is 12.4. The first-order valence-corrected chi connectivity index (χ1v) is 9.66. The Morgan fingerprint density at radius 2 is 1.71 bits per heavy atom. The van der Waals surface area contributed by atoms with Crippen LogP contribution in [-0.2, 0) is 10.0 Å². The molecule has 0 spiro atoms. The molecule has 1 aromatic rings. The molecule has 0 saturated heterocycles. The monoisotopic (exact) mass is 355 g/mol. The highest BCUT2D eigenvalue weighted by Gasteiger charge is 2.18. The van der Waals surface area contributed by atoms with Gasteiger partial charge in [-0.3, -0.25) is 4.79 Å². The van der Waals surface area contributed by atoms with E-state index in [4.69, 9.17) is 5.73 Å². The smallest absolute Gasteiger partial charge is 0.253 e. The zero-order chi connectivity index (χ0) is 18.5. The van der Waals surface area contributed by atoms with E-state index >= 15 is 0 Å². The molecule has 1 unspecified atom stereocenters. The Morgan fingerprint density at radius 1 is 1.17 bits per heavy atom. The van der Waals surface area contributed by atoms with Gasteiger partial charge in [0.15, 0.2) is 0 Å². The summed E-state index contributed by atoms with van der Waals surface area (Å²) >= 11 is 0. The van der Waals surface area contributed by atoms with Crippen molar-refractivity contribution in [2.24, 2.45) is 11.7 Å². The predicted octanol–water partition coefficient (Wildman–Crippen LogP) is 1.82. The number of rotatable bonds is 8. The molecule has 136 valence electrons. The van der Waals surface area contributed by atoms with Crippen molar-refractivity contribution in [1.29, 1.82) is 0 Å². The van der Waals surface area contributed by atoms with Crippen LogP contribution in [0.4, 0.5) is 0 Å². The van der Waals surface area contributed by atoms with Gasteiger partial charge < -0.3 is 10.6 Å². The van der Waals surface area contributed by atoms with Crippen LogP contribution < -0.4 is 10.5 Å². The fourth-order valence-corrected chi connectivity index (χ4v) is 3.40. The molecule has 24 heavy (non-hydrogen) atoms. The number of nitrogens with one attached hydrogen (secondary N) is 1. The van der Waals surface area contributed by atoms with Crippen LogP contribution in [0, 0.1) is 5.92 Å². The number of hydrogen-bond donors (Lipinski definition) is 2. The van der Waals surface area contributed by atoms with Gasteiger partial charge in [-0.2, -0.15) is 0 Å². The Balaban J connectivity index is 2.76. The first-order chi connectivity index (χ1) is 11.0. The molecular formula is C17H29N3O3S. The lowest BCUT2D eigenvalue weighted by Crippen LogP contribution is -2.34. The zero-order valence-corrected chi connectivity index (χ0v) is 15.9. The molecule has 0 aliphatic heterocycles. The Hall–Kier alpha value is -1.44. The Labute approximate surface area is 145 Å². The summed E-state index contributed by atoms with van der Waals surface area (Å²) in [5, 5.41) is 0. The standard InChI is InChI=1S/C17H29N3O3S/c1-12(2)16(18)10-11-20(5)17(21)14-6-8-15(9-7-14)24(22,23)19-13(3)4/h6-9,12-13,16,19H,10-11,18H2,1-5H3. The number of benzene rings is 1. The molecule has 6 nitrogen and oxygen atoms in total. The molecule has 0 aromatic heterocycles. The van der Waals surface area contributed by atoms with E-state index in [-0.39, 0.29) is 22.9 Å². The van der Waals surface area contributed by atoms with E-state index < -0.39 is 10.0 Å². The van der Waals surface area contributed by atoms with Crippen LogP contribution in [0.5, 0.6) is 0 Å². The van der Waals surface area contributed by atoms with Crippen molar-refractivity contribution in [2.75, 3.05) is 13.6 Å². The summed E-state index contributed by atoms with van der Waals surface area (Å²) in [6.07, 6.45) is 0.727. The van der Waals surface area contributed by atoms with Crippen molar-refractivity contribution in [2.45, 2.75) is 51.1 Å². The van der Waals surface area contributed by atoms with Crippen molar-refractivity contribution >= 4 is 15.9 Å². The molecular weight excluding hydrogens is 326 g/mol. The summed E-state index contributed by atoms with van der Waals surface area (Å²) in [5.74, 6) is 0.221. The second kappa shape index (κ2) is 8.60. The average Bonchev–Trinajstić information content (AvgIpc) is 2.50. The second-order valence-corrected chi connectivity index (χ2v) is 8.44. The quantitative estimate of drug-likeness (QED) is 0.744. The van der Waals surface area contributed by atoms with Gasteiger partial charge >= 0.3 is 0 Å². The predicted molar refractivity (Wildman–Crippen MR) is 96.3 cm³/mol. The van der Waals surface area contributed by atoms with Crippen molar-refractivity contribution in [3.63, 3.8) is 0 Å². The largest absolute Gasteiger partial charge is 0.342 e. The van der Waals surface area contributed by atoms with Crippen LogP contribution in [0.15, 0.2) is 29.2 Å². The van der Waals surface area contributed by atoms with Crippen molar-refractivity contribution in [3.8, 4) is 0 Å². The molecule has 0 fully saturated rings. The molecule has 1 amide bonds. The topological polar surface area (TPSA) is 92.5 Å². The Morgan fingerprint density at radius 3 is 2.17 bits per heavy atom. The molecule has 0 saturated carbocycles. The molecule has 0 aliphatic rings. The molecule has 1 aromatic carbocycles. The maximum absolute atomic E-state index is 12.4. The van der Waals surface area contributed by atoms with Gasteiger partial charge in [-0.05, 0) is 50.5 Å². The van der Waals surface area contributed by atoms with E-state index in [0.29, 0.717) is 18.0 Å². The molecule has 0 bridgehead atoms. The molecule has 0 radical (unpaired) electrons. The van der Waals surface area contributed by atoms with E-state index in [2.05, 4.69) is 18.6 Å². The minimum Gasteiger partial charge on any atom is -0.342 e. The molecule has 0 aliphatic carbocycles. The fraction of sp³-hybridized carbons (Fsp3) is 0.588. The maximum Gasteiger partial charge on any atom is 0.253 e. The summed E-state index contributed by atoms with van der Waals surface area (Å²) < 4.78 is 26.7. The second-order valence-electron chi connectivity index (χ2n) is 6.72. The highest BCUT2D eigenvalue weighted by Crippen LogP contribution is 2.13. The van der Waals surface area contributed by atoms with Gasteiger partial charge in [0, 0.05) is 31.2 Å². The number of amides is 1. The summed E-state index contributed by atoms with van der Waals surface area (Å²) in [6.45, 7) is 8.18. The summed E-state index contributed by atoms with van der Waals surface area (Å²) in [5.41, 5.74) is 6.46. The lowest BCUT2D eigenvalue weighted by atomic mass is 10.0. The van der Waals surface area contributed by atoms with Crippen LogP contribution >= 0.6 is 0 Å². The highest BCUT2D eigenvalue weighted by atomic mass is 32.2. The fourth-order valence-electron chi connectivity index (χ4n) is 2.15. The zero-order valence-electron chi connectivity index (χ0n) is 15.1. The number of hydrogen-bond acceptors (Lipinski definition) is 4. The third kappa shape index (κ3) is 5.89. The van der Waals surface area contributed by atoms with Gasteiger partial charge in [0.1, 0.15) is 0 Å². The SMILES string of the molecule is CC(C)NS(=O)(=O)c1ccc(C(=O)N(C)CCC(N)C(C)C)cc1. The summed E-state index contributed by atoms with van der Waals surface area (Å²) in [7, 11) is -1.82. The lowest BCUT2D eigenvalue weighted by Gasteiger charge is -2.21. The van der Waals surface area contributed by atoms with Crippen LogP contribution in [0.3, 0.4) is 0 Å². The summed E-state index contributed by atoms with van der Waals surface area (Å²) in [6, 6.07) is 5.84. The first kappa shape index (κ1) is 20.6. The van der Waals surface area contributed by atoms with Gasteiger partial charge in [0.05, 0.1) is 4.90 Å². The Kier molecular flexibility index (Phi) is 7.38. The minimum atomic E-state index is -3.54. The number of nitrogens with two attached hydrogens (primary N) is 1. The number of sulfonamides is 1. The Bertz CT molecular complexity index is 640. The lowest BCUT2D eigenvalue weighted by molar-refractivity contribution is 0.0789. The summed E-state index contributed by atoms with van der Waals surface area (Å²) in [4.78, 5) is 14.1. The molecule has 1 atom stereocenters. The normalized spacial score (nSPS) is 13.3. The van der Waals surface area contributed by atoms with E-state index in [1.54, 1.807) is 25.8 Å². The van der Waals surface area contributed by atoms with Crippen LogP contribution in [0.2, 0.25) is 0 Å². The van der Waals surface area contributed by atoms with Crippen molar-refractivity contribution in [1.82, 2.24) is 9.62 Å². The van der Waals surface area contributed by atoms with Crippen molar-refractivity contribution in [3.05, 3.63) is 29.8 Å². The van der Waals surface area contributed by atoms with Gasteiger partial charge in [0.25, 0.3) is 5.91 Å². The van der Waals surface area contributed by atoms with Crippen LogP contribution in [0.25, 0.3) is 0 Å². The van der Waals surface area contributed by atoms with Gasteiger partial charge in [0.2, 0.25) is 10.0 Å². The first-order valence-electron chi connectivity index (χ1n) is 8.18. The third-order valence-corrected chi connectivity index (χ3v) is 5.48. The van der Waals surface area contributed by atoms with Gasteiger partial charge in [-0.1, -0.05) is 13.8 Å². The number of carbonyl (C=O) groups is 1. The average molecular weight is 356 g/mol. The van der Waals surface area contributed by atoms with Crippen molar-refractivity contribution < 1.29 is 13.2 Å². The molecule has 3 N–H and O–H groups in total. The van der Waals surface area contributed by atoms with E-state index in [0.717, 1.165) is 6.42 Å². The van der Waals surface area contributed by atoms with E-state index in [1.165, 1.54) is 24.3 Å². The third-order valence-electron chi connectivity index (χ3n) is 3.80. The molecule has 7 heteroatoms. The minimum absolute atomic E-state index is 0.0508. The van der Waals surface area contributed by atoms with Gasteiger partial charge in [-0.15, -0.1) is 0 Å². The van der Waals surface area contributed by atoms with Crippen LogP contribution in [0.1, 0.15) is 44.5 Å². The highest BCUT2D eigenvalue weighted by molar-refractivity contribution is 7.89. The van der Waals surface area contributed by atoms with E-state index in [9.17, 15) is 13.2 Å². The van der Waals surface area contributed by atoms with Crippen LogP contribution in [-0.4, -0.2) is 44.9 Å². The molecule has 0 heterocycles. The molecule has 1 rings (SSSR count). The van der Waals surface area contributed by atoms with Gasteiger partial charge in [-0.25, -0.2) is 13.1 Å².